The Morgan fingerprint density at radius 1 is 1.29 bits per heavy atom. The van der Waals surface area contributed by atoms with E-state index in [-0.39, 0.29) is 11.2 Å². The molecule has 0 atom stereocenters. The monoisotopic (exact) mass is 233 g/mol. The maximum absolute atomic E-state index is 13.4. The molecule has 1 fully saturated rings. The van der Waals surface area contributed by atoms with E-state index in [9.17, 15) is 4.39 Å². The highest BCUT2D eigenvalue weighted by molar-refractivity contribution is 5.44. The van der Waals surface area contributed by atoms with Gasteiger partial charge in [-0.25, -0.2) is 4.39 Å². The largest absolute Gasteiger partial charge is 0.486 e. The molecule has 1 aliphatic carbocycles. The van der Waals surface area contributed by atoms with E-state index in [2.05, 4.69) is 0 Å². The second-order valence-electron chi connectivity index (χ2n) is 4.84. The van der Waals surface area contributed by atoms with E-state index in [0.29, 0.717) is 5.75 Å². The van der Waals surface area contributed by atoms with Gasteiger partial charge in [0.05, 0.1) is 0 Å². The van der Waals surface area contributed by atoms with Crippen molar-refractivity contribution in [1.29, 1.82) is 5.26 Å². The lowest BCUT2D eigenvalue weighted by Crippen LogP contribution is -2.34. The molecular weight excluding hydrogens is 217 g/mol. The van der Waals surface area contributed by atoms with Crippen molar-refractivity contribution in [2.24, 2.45) is 0 Å². The average Bonchev–Trinajstić information content (AvgIpc) is 2.30. The van der Waals surface area contributed by atoms with Crippen LogP contribution in [0.2, 0.25) is 0 Å². The molecule has 1 aromatic carbocycles. The minimum atomic E-state index is -0.510. The first kappa shape index (κ1) is 11.9. The third kappa shape index (κ3) is 2.58. The van der Waals surface area contributed by atoms with E-state index in [4.69, 9.17) is 10.00 Å². The molecule has 0 amide bonds. The van der Waals surface area contributed by atoms with Gasteiger partial charge in [0, 0.05) is 0 Å². The summed E-state index contributed by atoms with van der Waals surface area (Å²) in [6, 6.07) is 6.41. The van der Waals surface area contributed by atoms with Crippen molar-refractivity contribution in [3.63, 3.8) is 0 Å². The predicted octanol–water partition coefficient (Wildman–Crippen LogP) is 3.80. The van der Waals surface area contributed by atoms with Crippen LogP contribution in [0.25, 0.3) is 0 Å². The molecule has 0 saturated heterocycles. The number of ether oxygens (including phenoxy) is 1. The molecule has 0 aromatic heterocycles. The standard InChI is InChI=1S/C14H16FNO/c1-14(8-3-2-4-9-14)17-13-7-5-6-12(15)11(13)10-16/h5-7H,2-4,8-9H2,1H3. The number of nitriles is 1. The van der Waals surface area contributed by atoms with Gasteiger partial charge in [0.2, 0.25) is 0 Å². The van der Waals surface area contributed by atoms with Crippen LogP contribution in [0.15, 0.2) is 18.2 Å². The van der Waals surface area contributed by atoms with Crippen molar-refractivity contribution in [3.8, 4) is 11.8 Å². The lowest BCUT2D eigenvalue weighted by Gasteiger charge is -2.34. The normalized spacial score (nSPS) is 18.4. The number of nitrogens with zero attached hydrogens (tertiary/aromatic N) is 1. The number of benzene rings is 1. The molecule has 0 bridgehead atoms. The Hall–Kier alpha value is -1.56. The molecular formula is C14H16FNO. The van der Waals surface area contributed by atoms with Gasteiger partial charge in [0.25, 0.3) is 0 Å². The highest BCUT2D eigenvalue weighted by Gasteiger charge is 2.29. The molecule has 0 spiro atoms. The van der Waals surface area contributed by atoms with E-state index < -0.39 is 5.82 Å². The number of rotatable bonds is 2. The van der Waals surface area contributed by atoms with E-state index in [1.54, 1.807) is 12.1 Å². The highest BCUT2D eigenvalue weighted by atomic mass is 19.1. The van der Waals surface area contributed by atoms with Crippen molar-refractivity contribution in [3.05, 3.63) is 29.6 Å². The molecule has 2 rings (SSSR count). The average molecular weight is 233 g/mol. The second kappa shape index (κ2) is 4.75. The van der Waals surface area contributed by atoms with Crippen LogP contribution < -0.4 is 4.74 Å². The highest BCUT2D eigenvalue weighted by Crippen LogP contribution is 2.34. The van der Waals surface area contributed by atoms with Gasteiger partial charge in [0.15, 0.2) is 0 Å². The summed E-state index contributed by atoms with van der Waals surface area (Å²) in [7, 11) is 0. The number of hydrogen-bond acceptors (Lipinski definition) is 2. The Morgan fingerprint density at radius 2 is 2.00 bits per heavy atom. The van der Waals surface area contributed by atoms with Crippen LogP contribution >= 0.6 is 0 Å². The molecule has 17 heavy (non-hydrogen) atoms. The van der Waals surface area contributed by atoms with Gasteiger partial charge in [0.1, 0.15) is 28.8 Å². The summed E-state index contributed by atoms with van der Waals surface area (Å²) >= 11 is 0. The quantitative estimate of drug-likeness (QED) is 0.778. The second-order valence-corrected chi connectivity index (χ2v) is 4.84. The van der Waals surface area contributed by atoms with Crippen LogP contribution in [-0.4, -0.2) is 5.60 Å². The van der Waals surface area contributed by atoms with E-state index in [1.165, 1.54) is 12.5 Å². The summed E-state index contributed by atoms with van der Waals surface area (Å²) < 4.78 is 19.3. The van der Waals surface area contributed by atoms with Gasteiger partial charge in [-0.2, -0.15) is 5.26 Å². The molecule has 0 unspecified atom stereocenters. The van der Waals surface area contributed by atoms with E-state index in [1.807, 2.05) is 13.0 Å². The topological polar surface area (TPSA) is 33.0 Å². The lowest BCUT2D eigenvalue weighted by molar-refractivity contribution is 0.0481. The molecule has 0 N–H and O–H groups in total. The molecule has 3 heteroatoms. The van der Waals surface area contributed by atoms with Crippen LogP contribution in [0.5, 0.6) is 5.75 Å². The van der Waals surface area contributed by atoms with Gasteiger partial charge in [-0.05, 0) is 44.7 Å². The van der Waals surface area contributed by atoms with Gasteiger partial charge < -0.3 is 4.74 Å². The van der Waals surface area contributed by atoms with Crippen LogP contribution in [0.1, 0.15) is 44.6 Å². The van der Waals surface area contributed by atoms with Crippen LogP contribution in [0.3, 0.4) is 0 Å². The molecule has 1 aromatic rings. The summed E-state index contributed by atoms with van der Waals surface area (Å²) in [4.78, 5) is 0. The first-order chi connectivity index (χ1) is 8.14. The van der Waals surface area contributed by atoms with Crippen LogP contribution in [0, 0.1) is 17.1 Å². The molecule has 0 aliphatic heterocycles. The van der Waals surface area contributed by atoms with Gasteiger partial charge in [-0.1, -0.05) is 12.5 Å². The summed E-state index contributed by atoms with van der Waals surface area (Å²) in [6.45, 7) is 2.04. The van der Waals surface area contributed by atoms with Gasteiger partial charge in [-0.3, -0.25) is 0 Å². The van der Waals surface area contributed by atoms with Gasteiger partial charge >= 0.3 is 0 Å². The van der Waals surface area contributed by atoms with Crippen molar-refractivity contribution < 1.29 is 9.13 Å². The Bertz CT molecular complexity index is 444. The molecule has 2 nitrogen and oxygen atoms in total. The van der Waals surface area contributed by atoms with E-state index in [0.717, 1.165) is 25.7 Å². The van der Waals surface area contributed by atoms with Crippen LogP contribution in [0.4, 0.5) is 4.39 Å². The first-order valence-electron chi connectivity index (χ1n) is 6.02. The predicted molar refractivity (Wildman–Crippen MR) is 63.2 cm³/mol. The summed E-state index contributed by atoms with van der Waals surface area (Å²) in [5.74, 6) is -0.138. The fraction of sp³-hybridized carbons (Fsp3) is 0.500. The summed E-state index contributed by atoms with van der Waals surface area (Å²) in [5, 5.41) is 8.94. The molecule has 1 saturated carbocycles. The third-order valence-corrected chi connectivity index (χ3v) is 3.35. The smallest absolute Gasteiger partial charge is 0.144 e. The Labute approximate surface area is 101 Å². The maximum Gasteiger partial charge on any atom is 0.144 e. The van der Waals surface area contributed by atoms with Crippen molar-refractivity contribution in [2.45, 2.75) is 44.6 Å². The Kier molecular flexibility index (Phi) is 3.33. The molecule has 90 valence electrons. The number of halogens is 1. The Morgan fingerprint density at radius 3 is 2.65 bits per heavy atom. The maximum atomic E-state index is 13.4. The summed E-state index contributed by atoms with van der Waals surface area (Å²) in [6.07, 6.45) is 5.43. The fourth-order valence-corrected chi connectivity index (χ4v) is 2.37. The molecule has 0 heterocycles. The molecule has 0 radical (unpaired) electrons. The first-order valence-corrected chi connectivity index (χ1v) is 6.02. The zero-order chi connectivity index (χ0) is 12.3. The Balaban J connectivity index is 2.24. The van der Waals surface area contributed by atoms with Crippen molar-refractivity contribution in [2.75, 3.05) is 0 Å². The lowest BCUT2D eigenvalue weighted by atomic mass is 9.86. The number of hydrogen-bond donors (Lipinski definition) is 0. The summed E-state index contributed by atoms with van der Waals surface area (Å²) in [5.41, 5.74) is -0.239. The van der Waals surface area contributed by atoms with Gasteiger partial charge in [-0.15, -0.1) is 0 Å². The fourth-order valence-electron chi connectivity index (χ4n) is 2.37. The third-order valence-electron chi connectivity index (χ3n) is 3.35. The SMILES string of the molecule is CC1(Oc2cccc(F)c2C#N)CCCCC1. The van der Waals surface area contributed by atoms with Crippen LogP contribution in [-0.2, 0) is 0 Å². The zero-order valence-corrected chi connectivity index (χ0v) is 10.0. The minimum Gasteiger partial charge on any atom is -0.486 e. The van der Waals surface area contributed by atoms with Crippen molar-refractivity contribution >= 4 is 0 Å². The zero-order valence-electron chi connectivity index (χ0n) is 10.0. The van der Waals surface area contributed by atoms with Crippen molar-refractivity contribution in [1.82, 2.24) is 0 Å². The van der Waals surface area contributed by atoms with E-state index >= 15 is 0 Å². The minimum absolute atomic E-state index is 0.0132. The molecule has 1 aliphatic rings.